The summed E-state index contributed by atoms with van der Waals surface area (Å²) in [4.78, 5) is 0.154. The highest BCUT2D eigenvalue weighted by Crippen LogP contribution is 2.35. The maximum absolute atomic E-state index is 13.6. The second-order valence-corrected chi connectivity index (χ2v) is 8.49. The van der Waals surface area contributed by atoms with E-state index < -0.39 is 15.8 Å². The van der Waals surface area contributed by atoms with Crippen molar-refractivity contribution in [3.63, 3.8) is 0 Å². The predicted molar refractivity (Wildman–Crippen MR) is 82.1 cm³/mol. The van der Waals surface area contributed by atoms with Crippen molar-refractivity contribution in [1.29, 1.82) is 0 Å². The third-order valence-electron chi connectivity index (χ3n) is 4.38. The highest BCUT2D eigenvalue weighted by Gasteiger charge is 2.34. The van der Waals surface area contributed by atoms with Crippen molar-refractivity contribution >= 4 is 15.7 Å². The smallest absolute Gasteiger partial charge is 0.243 e. The van der Waals surface area contributed by atoms with E-state index in [0.717, 1.165) is 12.8 Å². The fourth-order valence-electron chi connectivity index (χ4n) is 2.79. The molecule has 0 radical (unpaired) electrons. The summed E-state index contributed by atoms with van der Waals surface area (Å²) in [6, 6.07) is 1.20. The van der Waals surface area contributed by atoms with Crippen LogP contribution < -0.4 is 5.73 Å². The van der Waals surface area contributed by atoms with Crippen LogP contribution in [0.5, 0.6) is 0 Å². The third kappa shape index (κ3) is 2.92. The zero-order valence-electron chi connectivity index (χ0n) is 13.0. The van der Waals surface area contributed by atoms with E-state index in [9.17, 15) is 12.8 Å². The van der Waals surface area contributed by atoms with E-state index >= 15 is 0 Å². The molecular formula is C15H23FN2O2S. The topological polar surface area (TPSA) is 63.4 Å². The number of piperidine rings is 1. The molecule has 118 valence electrons. The van der Waals surface area contributed by atoms with Gasteiger partial charge in [0, 0.05) is 13.1 Å². The summed E-state index contributed by atoms with van der Waals surface area (Å²) in [5.74, 6) is -0.566. The van der Waals surface area contributed by atoms with Crippen LogP contribution in [0.15, 0.2) is 11.0 Å². The van der Waals surface area contributed by atoms with Gasteiger partial charge in [-0.15, -0.1) is 0 Å². The molecule has 0 aliphatic carbocycles. The lowest BCUT2D eigenvalue weighted by Crippen LogP contribution is -2.41. The van der Waals surface area contributed by atoms with Crippen LogP contribution in [0.25, 0.3) is 0 Å². The van der Waals surface area contributed by atoms with Gasteiger partial charge in [-0.3, -0.25) is 0 Å². The van der Waals surface area contributed by atoms with Gasteiger partial charge in [0.15, 0.2) is 0 Å². The van der Waals surface area contributed by atoms with Gasteiger partial charge >= 0.3 is 0 Å². The maximum atomic E-state index is 13.6. The molecule has 1 saturated heterocycles. The molecule has 1 aliphatic heterocycles. The number of halogens is 1. The SMILES string of the molecule is Cc1cc(F)c(N)c(C)c1S(=O)(=O)N1CCC(C)(C)CC1. The summed E-state index contributed by atoms with van der Waals surface area (Å²) < 4.78 is 40.8. The molecule has 21 heavy (non-hydrogen) atoms. The van der Waals surface area contributed by atoms with E-state index in [2.05, 4.69) is 13.8 Å². The number of hydrogen-bond donors (Lipinski definition) is 1. The van der Waals surface area contributed by atoms with Crippen LogP contribution in [0.1, 0.15) is 37.8 Å². The number of rotatable bonds is 2. The van der Waals surface area contributed by atoms with Crippen molar-refractivity contribution in [3.8, 4) is 0 Å². The highest BCUT2D eigenvalue weighted by atomic mass is 32.2. The minimum atomic E-state index is -3.63. The molecule has 1 aromatic rings. The first-order valence-corrected chi connectivity index (χ1v) is 8.55. The Morgan fingerprint density at radius 3 is 2.29 bits per heavy atom. The molecule has 0 atom stereocenters. The average molecular weight is 314 g/mol. The Bertz CT molecular complexity index is 659. The number of sulfonamides is 1. The van der Waals surface area contributed by atoms with Crippen LogP contribution in [-0.2, 0) is 10.0 Å². The summed E-state index contributed by atoms with van der Waals surface area (Å²) in [6.07, 6.45) is 1.64. The van der Waals surface area contributed by atoms with Gasteiger partial charge in [-0.1, -0.05) is 13.8 Å². The van der Waals surface area contributed by atoms with Gasteiger partial charge in [-0.05, 0) is 49.3 Å². The van der Waals surface area contributed by atoms with Gasteiger partial charge in [-0.2, -0.15) is 4.31 Å². The number of nitrogen functional groups attached to an aromatic ring is 1. The molecule has 1 heterocycles. The molecule has 0 unspecified atom stereocenters. The standard InChI is InChI=1S/C15H23FN2O2S/c1-10-9-12(16)13(17)11(2)14(10)21(19,20)18-7-5-15(3,4)6-8-18/h9H,5-8,17H2,1-4H3. The van der Waals surface area contributed by atoms with Crippen molar-refractivity contribution in [1.82, 2.24) is 4.31 Å². The molecule has 0 saturated carbocycles. The maximum Gasteiger partial charge on any atom is 0.243 e. The van der Waals surface area contributed by atoms with Crippen molar-refractivity contribution in [2.75, 3.05) is 18.8 Å². The molecule has 0 amide bonds. The van der Waals surface area contributed by atoms with Gasteiger partial charge in [0.1, 0.15) is 5.82 Å². The number of benzene rings is 1. The minimum absolute atomic E-state index is 0.0866. The van der Waals surface area contributed by atoms with Crippen LogP contribution in [0, 0.1) is 25.1 Å². The first-order chi connectivity index (χ1) is 9.56. The number of aryl methyl sites for hydroxylation is 1. The third-order valence-corrected chi connectivity index (χ3v) is 6.57. The largest absolute Gasteiger partial charge is 0.396 e. The predicted octanol–water partition coefficient (Wildman–Crippen LogP) is 2.84. The Labute approximate surface area is 126 Å². The normalized spacial score (nSPS) is 19.7. The summed E-state index contributed by atoms with van der Waals surface area (Å²) in [5, 5.41) is 0. The van der Waals surface area contributed by atoms with Crippen LogP contribution in [-0.4, -0.2) is 25.8 Å². The lowest BCUT2D eigenvalue weighted by molar-refractivity contribution is 0.195. The fourth-order valence-corrected chi connectivity index (χ4v) is 4.67. The van der Waals surface area contributed by atoms with E-state index in [1.165, 1.54) is 10.4 Å². The Morgan fingerprint density at radius 2 is 1.76 bits per heavy atom. The van der Waals surface area contributed by atoms with E-state index in [1.807, 2.05) is 0 Å². The van der Waals surface area contributed by atoms with E-state index in [1.54, 1.807) is 13.8 Å². The molecule has 1 aliphatic rings. The molecule has 0 aromatic heterocycles. The minimum Gasteiger partial charge on any atom is -0.396 e. The summed E-state index contributed by atoms with van der Waals surface area (Å²) in [6.45, 7) is 8.44. The summed E-state index contributed by atoms with van der Waals surface area (Å²) in [5.41, 5.74) is 6.45. The summed E-state index contributed by atoms with van der Waals surface area (Å²) >= 11 is 0. The van der Waals surface area contributed by atoms with Crippen LogP contribution in [0.2, 0.25) is 0 Å². The van der Waals surface area contributed by atoms with Gasteiger partial charge in [0.05, 0.1) is 10.6 Å². The molecule has 6 heteroatoms. The Kier molecular flexibility index (Phi) is 4.06. The molecule has 1 fully saturated rings. The van der Waals surface area contributed by atoms with Gasteiger partial charge in [-0.25, -0.2) is 12.8 Å². The van der Waals surface area contributed by atoms with Crippen molar-refractivity contribution in [2.45, 2.75) is 45.4 Å². The second kappa shape index (κ2) is 5.25. The van der Waals surface area contributed by atoms with Crippen molar-refractivity contribution in [2.24, 2.45) is 5.41 Å². The van der Waals surface area contributed by atoms with Gasteiger partial charge in [0.25, 0.3) is 0 Å². The number of nitrogens with zero attached hydrogens (tertiary/aromatic N) is 1. The second-order valence-electron chi connectivity index (χ2n) is 6.61. The van der Waals surface area contributed by atoms with Crippen molar-refractivity contribution < 1.29 is 12.8 Å². The molecular weight excluding hydrogens is 291 g/mol. The number of nitrogens with two attached hydrogens (primary N) is 1. The molecule has 1 aromatic carbocycles. The lowest BCUT2D eigenvalue weighted by Gasteiger charge is -2.36. The van der Waals surface area contributed by atoms with Crippen LogP contribution in [0.4, 0.5) is 10.1 Å². The van der Waals surface area contributed by atoms with E-state index in [0.29, 0.717) is 24.2 Å². The van der Waals surface area contributed by atoms with E-state index in [4.69, 9.17) is 5.73 Å². The quantitative estimate of drug-likeness (QED) is 0.854. The van der Waals surface area contributed by atoms with Crippen LogP contribution in [0.3, 0.4) is 0 Å². The monoisotopic (exact) mass is 314 g/mol. The zero-order valence-corrected chi connectivity index (χ0v) is 13.8. The number of hydrogen-bond acceptors (Lipinski definition) is 3. The molecule has 0 spiro atoms. The molecule has 2 N–H and O–H groups in total. The van der Waals surface area contributed by atoms with Gasteiger partial charge in [0.2, 0.25) is 10.0 Å². The lowest BCUT2D eigenvalue weighted by atomic mass is 9.83. The summed E-state index contributed by atoms with van der Waals surface area (Å²) in [7, 11) is -3.63. The Balaban J connectivity index is 2.44. The first-order valence-electron chi connectivity index (χ1n) is 7.11. The van der Waals surface area contributed by atoms with E-state index in [-0.39, 0.29) is 16.0 Å². The molecule has 0 bridgehead atoms. The van der Waals surface area contributed by atoms with Crippen molar-refractivity contribution in [3.05, 3.63) is 23.0 Å². The number of anilines is 1. The van der Waals surface area contributed by atoms with Crippen LogP contribution >= 0.6 is 0 Å². The zero-order chi connectivity index (χ0) is 16.0. The van der Waals surface area contributed by atoms with Gasteiger partial charge < -0.3 is 5.73 Å². The first kappa shape index (κ1) is 16.2. The molecule has 4 nitrogen and oxygen atoms in total. The fraction of sp³-hybridized carbons (Fsp3) is 0.600. The Morgan fingerprint density at radius 1 is 1.24 bits per heavy atom. The molecule has 2 rings (SSSR count). The highest BCUT2D eigenvalue weighted by molar-refractivity contribution is 7.89. The average Bonchev–Trinajstić information content (AvgIpc) is 2.35. The Hall–Kier alpha value is -1.14.